The van der Waals surface area contributed by atoms with E-state index in [4.69, 9.17) is 23.2 Å². The number of halogens is 2. The first-order valence-electron chi connectivity index (χ1n) is 5.88. The maximum absolute atomic E-state index is 10.0. The lowest BCUT2D eigenvalue weighted by Gasteiger charge is -2.07. The van der Waals surface area contributed by atoms with Gasteiger partial charge in [0, 0.05) is 11.6 Å². The van der Waals surface area contributed by atoms with Crippen molar-refractivity contribution in [3.8, 4) is 5.75 Å². The number of hydrogen-bond donors (Lipinski definition) is 1. The topological polar surface area (TPSA) is 45.5 Å². The van der Waals surface area contributed by atoms with Crippen molar-refractivity contribution in [3.63, 3.8) is 0 Å². The van der Waals surface area contributed by atoms with Crippen molar-refractivity contribution in [2.45, 2.75) is 6.92 Å². The van der Waals surface area contributed by atoms with Crippen molar-refractivity contribution >= 4 is 39.8 Å². The van der Waals surface area contributed by atoms with Crippen LogP contribution in [0.3, 0.4) is 0 Å². The zero-order valence-electron chi connectivity index (χ0n) is 10.8. The molecule has 0 spiro atoms. The summed E-state index contributed by atoms with van der Waals surface area (Å²) in [4.78, 5) is 8.53. The van der Waals surface area contributed by atoms with Gasteiger partial charge in [0.15, 0.2) is 5.75 Å². The SMILES string of the molecule is C=CN=C(/C=C\C)c1ccc2c(Cl)cc(Cl)c(O)c2n1. The Kier molecular flexibility index (Phi) is 4.42. The second kappa shape index (κ2) is 6.07. The number of fused-ring (bicyclic) bond motifs is 1. The number of nitrogens with zero attached hydrogens (tertiary/aromatic N) is 2. The largest absolute Gasteiger partial charge is 0.504 e. The molecule has 102 valence electrons. The Balaban J connectivity index is 2.73. The molecule has 5 heteroatoms. The molecule has 0 saturated carbocycles. The molecule has 0 aliphatic carbocycles. The molecule has 0 saturated heterocycles. The Morgan fingerprint density at radius 2 is 2.10 bits per heavy atom. The summed E-state index contributed by atoms with van der Waals surface area (Å²) < 4.78 is 0. The van der Waals surface area contributed by atoms with Crippen LogP contribution in [0.25, 0.3) is 10.9 Å². The van der Waals surface area contributed by atoms with E-state index in [1.807, 2.05) is 13.0 Å². The quantitative estimate of drug-likeness (QED) is 0.831. The summed E-state index contributed by atoms with van der Waals surface area (Å²) in [6.45, 7) is 5.46. The summed E-state index contributed by atoms with van der Waals surface area (Å²) in [6, 6.07) is 5.05. The average Bonchev–Trinajstić information content (AvgIpc) is 2.44. The van der Waals surface area contributed by atoms with Gasteiger partial charge < -0.3 is 5.11 Å². The molecule has 1 aromatic heterocycles. The van der Waals surface area contributed by atoms with E-state index >= 15 is 0 Å². The van der Waals surface area contributed by atoms with Crippen LogP contribution in [-0.4, -0.2) is 15.8 Å². The summed E-state index contributed by atoms with van der Waals surface area (Å²) in [7, 11) is 0. The number of aromatic nitrogens is 1. The van der Waals surface area contributed by atoms with Crippen LogP contribution in [0.5, 0.6) is 5.75 Å². The fourth-order valence-corrected chi connectivity index (χ4v) is 2.31. The first-order chi connectivity index (χ1) is 9.58. The summed E-state index contributed by atoms with van der Waals surface area (Å²) in [5.74, 6) is -0.0913. The van der Waals surface area contributed by atoms with Crippen LogP contribution in [0.4, 0.5) is 0 Å². The second-order valence-electron chi connectivity index (χ2n) is 3.98. The third-order valence-corrected chi connectivity index (χ3v) is 3.27. The maximum Gasteiger partial charge on any atom is 0.160 e. The zero-order chi connectivity index (χ0) is 14.7. The number of aliphatic imine (C=N–C) groups is 1. The molecule has 0 atom stereocenters. The zero-order valence-corrected chi connectivity index (χ0v) is 12.3. The van der Waals surface area contributed by atoms with Crippen LogP contribution in [-0.2, 0) is 0 Å². The highest BCUT2D eigenvalue weighted by molar-refractivity contribution is 6.39. The number of phenolic OH excluding ortho intramolecular Hbond substituents is 1. The van der Waals surface area contributed by atoms with Crippen molar-refractivity contribution in [2.75, 3.05) is 0 Å². The van der Waals surface area contributed by atoms with Crippen LogP contribution in [0.2, 0.25) is 10.0 Å². The van der Waals surface area contributed by atoms with Crippen molar-refractivity contribution in [2.24, 2.45) is 4.99 Å². The van der Waals surface area contributed by atoms with Crippen LogP contribution in [0, 0.1) is 0 Å². The molecule has 1 N–H and O–H groups in total. The molecule has 0 aliphatic rings. The lowest BCUT2D eigenvalue weighted by molar-refractivity contribution is 0.480. The lowest BCUT2D eigenvalue weighted by atomic mass is 10.1. The maximum atomic E-state index is 10.0. The molecule has 2 rings (SSSR count). The summed E-state index contributed by atoms with van der Waals surface area (Å²) in [5, 5.41) is 11.3. The van der Waals surface area contributed by atoms with E-state index < -0.39 is 0 Å². The van der Waals surface area contributed by atoms with E-state index in [-0.39, 0.29) is 10.8 Å². The van der Waals surface area contributed by atoms with Gasteiger partial charge >= 0.3 is 0 Å². The summed E-state index contributed by atoms with van der Waals surface area (Å²) >= 11 is 12.0. The minimum atomic E-state index is -0.0913. The highest BCUT2D eigenvalue weighted by atomic mass is 35.5. The first kappa shape index (κ1) is 14.6. The number of hydrogen-bond acceptors (Lipinski definition) is 3. The molecule has 1 heterocycles. The molecule has 0 bridgehead atoms. The summed E-state index contributed by atoms with van der Waals surface area (Å²) in [6.07, 6.45) is 5.09. The number of aromatic hydroxyl groups is 1. The third-order valence-electron chi connectivity index (χ3n) is 2.67. The number of rotatable bonds is 3. The number of pyridine rings is 1. The Bertz CT molecular complexity index is 736. The molecular formula is C15H12Cl2N2O. The molecule has 0 amide bonds. The minimum absolute atomic E-state index is 0.0913. The molecule has 0 radical (unpaired) electrons. The summed E-state index contributed by atoms with van der Waals surface area (Å²) in [5.41, 5.74) is 1.59. The third kappa shape index (κ3) is 2.69. The van der Waals surface area contributed by atoms with E-state index in [1.54, 1.807) is 18.2 Å². The van der Waals surface area contributed by atoms with Gasteiger partial charge in [-0.1, -0.05) is 35.9 Å². The highest BCUT2D eigenvalue weighted by Crippen LogP contribution is 2.36. The van der Waals surface area contributed by atoms with Gasteiger partial charge in [-0.2, -0.15) is 0 Å². The van der Waals surface area contributed by atoms with Crippen molar-refractivity contribution in [1.82, 2.24) is 4.98 Å². The lowest BCUT2D eigenvalue weighted by Crippen LogP contribution is -2.00. The van der Waals surface area contributed by atoms with Gasteiger partial charge in [0.25, 0.3) is 0 Å². The monoisotopic (exact) mass is 306 g/mol. The van der Waals surface area contributed by atoms with E-state index in [9.17, 15) is 5.11 Å². The van der Waals surface area contributed by atoms with Gasteiger partial charge in [0.1, 0.15) is 5.52 Å². The van der Waals surface area contributed by atoms with Gasteiger partial charge in [0.2, 0.25) is 0 Å². The normalized spacial score (nSPS) is 12.2. The van der Waals surface area contributed by atoms with E-state index in [0.29, 0.717) is 27.3 Å². The number of benzene rings is 1. The van der Waals surface area contributed by atoms with E-state index in [1.165, 1.54) is 12.3 Å². The van der Waals surface area contributed by atoms with Crippen LogP contribution < -0.4 is 0 Å². The van der Waals surface area contributed by atoms with Gasteiger partial charge in [-0.25, -0.2) is 4.98 Å². The Morgan fingerprint density at radius 3 is 2.75 bits per heavy atom. The van der Waals surface area contributed by atoms with E-state index in [2.05, 4.69) is 16.6 Å². The molecule has 3 nitrogen and oxygen atoms in total. The predicted octanol–water partition coefficient (Wildman–Crippen LogP) is 4.76. The predicted molar refractivity (Wildman–Crippen MR) is 85.0 cm³/mol. The molecule has 0 unspecified atom stereocenters. The van der Waals surface area contributed by atoms with Gasteiger partial charge in [-0.3, -0.25) is 4.99 Å². The highest BCUT2D eigenvalue weighted by Gasteiger charge is 2.12. The first-order valence-corrected chi connectivity index (χ1v) is 6.63. The van der Waals surface area contributed by atoms with Gasteiger partial charge in [0.05, 0.1) is 21.5 Å². The molecule has 20 heavy (non-hydrogen) atoms. The average molecular weight is 307 g/mol. The minimum Gasteiger partial charge on any atom is -0.504 e. The molecule has 1 aromatic carbocycles. The standard InChI is InChI=1S/C15H12Cl2N2O/c1-3-5-12(18-4-2)13-7-6-9-10(16)8-11(17)15(20)14(9)19-13/h3-8,20H,2H2,1H3/b5-3-,18-12?. The van der Waals surface area contributed by atoms with E-state index in [0.717, 1.165) is 0 Å². The molecule has 0 fully saturated rings. The molecule has 0 aliphatic heterocycles. The smallest absolute Gasteiger partial charge is 0.160 e. The van der Waals surface area contributed by atoms with Crippen LogP contribution >= 0.6 is 23.2 Å². The van der Waals surface area contributed by atoms with Crippen LogP contribution in [0.1, 0.15) is 12.6 Å². The second-order valence-corrected chi connectivity index (χ2v) is 4.79. The Labute approximate surface area is 126 Å². The molecular weight excluding hydrogens is 295 g/mol. The fourth-order valence-electron chi connectivity index (χ4n) is 1.80. The number of allylic oxidation sites excluding steroid dienone is 2. The molecule has 2 aromatic rings. The fraction of sp³-hybridized carbons (Fsp3) is 0.0667. The Hall–Kier alpha value is -1.84. The van der Waals surface area contributed by atoms with Gasteiger partial charge in [-0.15, -0.1) is 0 Å². The van der Waals surface area contributed by atoms with Crippen molar-refractivity contribution in [1.29, 1.82) is 0 Å². The van der Waals surface area contributed by atoms with Crippen LogP contribution in [0.15, 0.2) is 48.1 Å². The van der Waals surface area contributed by atoms with Gasteiger partial charge in [-0.05, 0) is 31.2 Å². The van der Waals surface area contributed by atoms with Crippen molar-refractivity contribution in [3.05, 3.63) is 58.9 Å². The number of phenols is 1. The van der Waals surface area contributed by atoms with Crippen molar-refractivity contribution < 1.29 is 5.11 Å². The Morgan fingerprint density at radius 1 is 1.35 bits per heavy atom.